The SMILES string of the molecule is CCn1c(=O)oc2cc(C(Cl)c3sccc3Cl)ccc21. The highest BCUT2D eigenvalue weighted by Crippen LogP contribution is 2.38. The van der Waals surface area contributed by atoms with Gasteiger partial charge in [0.2, 0.25) is 0 Å². The van der Waals surface area contributed by atoms with E-state index in [2.05, 4.69) is 0 Å². The van der Waals surface area contributed by atoms with Gasteiger partial charge in [0.1, 0.15) is 0 Å². The van der Waals surface area contributed by atoms with Crippen molar-refractivity contribution in [3.05, 3.63) is 55.7 Å². The number of aromatic nitrogens is 1. The fraction of sp³-hybridized carbons (Fsp3) is 0.214. The average Bonchev–Trinajstić information content (AvgIpc) is 2.99. The van der Waals surface area contributed by atoms with E-state index in [4.69, 9.17) is 27.6 Å². The lowest BCUT2D eigenvalue weighted by atomic mass is 10.1. The van der Waals surface area contributed by atoms with E-state index in [0.717, 1.165) is 16.0 Å². The Morgan fingerprint density at radius 1 is 1.40 bits per heavy atom. The van der Waals surface area contributed by atoms with E-state index in [-0.39, 0.29) is 11.1 Å². The Balaban J connectivity index is 2.10. The van der Waals surface area contributed by atoms with Gasteiger partial charge < -0.3 is 4.42 Å². The number of halogens is 2. The summed E-state index contributed by atoms with van der Waals surface area (Å²) in [6.07, 6.45) is 0. The number of aryl methyl sites for hydroxylation is 1. The molecular weight excluding hydrogens is 317 g/mol. The number of nitrogens with zero attached hydrogens (tertiary/aromatic N) is 1. The van der Waals surface area contributed by atoms with Crippen LogP contribution in [0, 0.1) is 0 Å². The maximum absolute atomic E-state index is 11.7. The fourth-order valence-electron chi connectivity index (χ4n) is 2.18. The average molecular weight is 328 g/mol. The Morgan fingerprint density at radius 2 is 2.20 bits per heavy atom. The lowest BCUT2D eigenvalue weighted by molar-refractivity contribution is 0.513. The van der Waals surface area contributed by atoms with Crippen LogP contribution in [0.15, 0.2) is 38.9 Å². The number of hydrogen-bond donors (Lipinski definition) is 0. The van der Waals surface area contributed by atoms with Crippen LogP contribution in [-0.2, 0) is 6.54 Å². The maximum atomic E-state index is 11.7. The van der Waals surface area contributed by atoms with E-state index < -0.39 is 0 Å². The Morgan fingerprint density at radius 3 is 2.85 bits per heavy atom. The maximum Gasteiger partial charge on any atom is 0.419 e. The largest absolute Gasteiger partial charge is 0.419 e. The molecule has 0 N–H and O–H groups in total. The van der Waals surface area contributed by atoms with Crippen LogP contribution in [0.1, 0.15) is 22.7 Å². The lowest BCUT2D eigenvalue weighted by Gasteiger charge is -2.08. The number of oxazole rings is 1. The molecule has 1 aromatic carbocycles. The van der Waals surface area contributed by atoms with Crippen LogP contribution in [0.3, 0.4) is 0 Å². The minimum absolute atomic E-state index is 0.345. The second kappa shape index (κ2) is 5.28. The first-order valence-corrected chi connectivity index (χ1v) is 7.81. The molecule has 0 saturated carbocycles. The molecular formula is C14H11Cl2NO2S. The zero-order valence-corrected chi connectivity index (χ0v) is 12.9. The third kappa shape index (κ3) is 2.18. The Bertz CT molecular complexity index is 818. The molecule has 6 heteroatoms. The molecule has 0 fully saturated rings. The molecule has 3 nitrogen and oxygen atoms in total. The van der Waals surface area contributed by atoms with Crippen molar-refractivity contribution in [2.24, 2.45) is 0 Å². The van der Waals surface area contributed by atoms with Crippen molar-refractivity contribution in [1.82, 2.24) is 4.57 Å². The van der Waals surface area contributed by atoms with Crippen LogP contribution in [0.25, 0.3) is 11.1 Å². The third-order valence-electron chi connectivity index (χ3n) is 3.18. The summed E-state index contributed by atoms with van der Waals surface area (Å²) in [4.78, 5) is 12.6. The van der Waals surface area contributed by atoms with Gasteiger partial charge in [0.15, 0.2) is 5.58 Å². The summed E-state index contributed by atoms with van der Waals surface area (Å²) in [5.74, 6) is -0.347. The number of rotatable bonds is 3. The van der Waals surface area contributed by atoms with Gasteiger partial charge in [-0.3, -0.25) is 4.57 Å². The molecule has 1 atom stereocenters. The summed E-state index contributed by atoms with van der Waals surface area (Å²) in [7, 11) is 0. The summed E-state index contributed by atoms with van der Waals surface area (Å²) in [5, 5.41) is 2.21. The molecule has 20 heavy (non-hydrogen) atoms. The first kappa shape index (κ1) is 13.7. The smallest absolute Gasteiger partial charge is 0.408 e. The molecule has 2 heterocycles. The molecule has 0 radical (unpaired) electrons. The van der Waals surface area contributed by atoms with Gasteiger partial charge in [0.25, 0.3) is 0 Å². The second-order valence-electron chi connectivity index (χ2n) is 4.33. The van der Waals surface area contributed by atoms with Crippen molar-refractivity contribution < 1.29 is 4.42 Å². The van der Waals surface area contributed by atoms with Crippen molar-refractivity contribution in [3.8, 4) is 0 Å². The van der Waals surface area contributed by atoms with Crippen LogP contribution in [0.5, 0.6) is 0 Å². The summed E-state index contributed by atoms with van der Waals surface area (Å²) in [6, 6.07) is 7.38. The Hall–Kier alpha value is -1.23. The lowest BCUT2D eigenvalue weighted by Crippen LogP contribution is -2.11. The fourth-order valence-corrected chi connectivity index (χ4v) is 3.81. The highest BCUT2D eigenvalue weighted by atomic mass is 35.5. The molecule has 0 spiro atoms. The normalized spacial score (nSPS) is 12.9. The van der Waals surface area contributed by atoms with Gasteiger partial charge in [0.05, 0.1) is 15.9 Å². The zero-order chi connectivity index (χ0) is 14.3. The van der Waals surface area contributed by atoms with Gasteiger partial charge in [-0.2, -0.15) is 0 Å². The minimum Gasteiger partial charge on any atom is -0.408 e. The van der Waals surface area contributed by atoms with Crippen LogP contribution in [0.4, 0.5) is 0 Å². The molecule has 0 bridgehead atoms. The van der Waals surface area contributed by atoms with E-state index in [9.17, 15) is 4.79 Å². The third-order valence-corrected chi connectivity index (χ3v) is 5.20. The van der Waals surface area contributed by atoms with Gasteiger partial charge in [-0.05, 0) is 36.1 Å². The van der Waals surface area contributed by atoms with E-state index in [1.54, 1.807) is 10.6 Å². The highest BCUT2D eigenvalue weighted by Gasteiger charge is 2.17. The van der Waals surface area contributed by atoms with Crippen LogP contribution in [0.2, 0.25) is 5.02 Å². The van der Waals surface area contributed by atoms with Crippen molar-refractivity contribution in [3.63, 3.8) is 0 Å². The molecule has 0 saturated heterocycles. The topological polar surface area (TPSA) is 35.1 Å². The molecule has 3 rings (SSSR count). The van der Waals surface area contributed by atoms with Crippen molar-refractivity contribution in [2.75, 3.05) is 0 Å². The van der Waals surface area contributed by atoms with E-state index in [1.807, 2.05) is 30.5 Å². The molecule has 0 amide bonds. The van der Waals surface area contributed by atoms with Gasteiger partial charge in [0, 0.05) is 11.4 Å². The number of benzene rings is 1. The van der Waals surface area contributed by atoms with Gasteiger partial charge in [-0.15, -0.1) is 22.9 Å². The summed E-state index contributed by atoms with van der Waals surface area (Å²) >= 11 is 14.1. The van der Waals surface area contributed by atoms with Crippen molar-refractivity contribution in [1.29, 1.82) is 0 Å². The van der Waals surface area contributed by atoms with E-state index in [1.165, 1.54) is 11.3 Å². The molecule has 2 aromatic heterocycles. The van der Waals surface area contributed by atoms with Crippen molar-refractivity contribution in [2.45, 2.75) is 18.8 Å². The van der Waals surface area contributed by atoms with Gasteiger partial charge in [-0.25, -0.2) is 4.79 Å². The molecule has 1 unspecified atom stereocenters. The number of thiophene rings is 1. The molecule has 0 aliphatic heterocycles. The molecule has 0 aliphatic carbocycles. The Kier molecular flexibility index (Phi) is 3.63. The van der Waals surface area contributed by atoms with Crippen LogP contribution < -0.4 is 5.76 Å². The van der Waals surface area contributed by atoms with E-state index in [0.29, 0.717) is 17.2 Å². The molecule has 104 valence electrons. The van der Waals surface area contributed by atoms with Gasteiger partial charge in [-0.1, -0.05) is 17.7 Å². The van der Waals surface area contributed by atoms with E-state index >= 15 is 0 Å². The first-order valence-electron chi connectivity index (χ1n) is 6.12. The standard InChI is InChI=1S/C14H11Cl2NO2S/c1-2-17-10-4-3-8(7-11(10)19-14(17)18)12(16)13-9(15)5-6-20-13/h3-7,12H,2H2,1H3. The second-order valence-corrected chi connectivity index (χ2v) is 6.13. The molecule has 0 aliphatic rings. The summed E-state index contributed by atoms with van der Waals surface area (Å²) in [6.45, 7) is 2.48. The highest BCUT2D eigenvalue weighted by molar-refractivity contribution is 7.11. The summed E-state index contributed by atoms with van der Waals surface area (Å²) in [5.41, 5.74) is 2.19. The van der Waals surface area contributed by atoms with Crippen LogP contribution >= 0.6 is 34.5 Å². The quantitative estimate of drug-likeness (QED) is 0.656. The van der Waals surface area contributed by atoms with Gasteiger partial charge >= 0.3 is 5.76 Å². The predicted octanol–water partition coefficient (Wildman–Crippen LogP) is 4.66. The number of fused-ring (bicyclic) bond motifs is 1. The number of hydrogen-bond acceptors (Lipinski definition) is 3. The predicted molar refractivity (Wildman–Crippen MR) is 83.2 cm³/mol. The van der Waals surface area contributed by atoms with Crippen molar-refractivity contribution >= 4 is 45.6 Å². The van der Waals surface area contributed by atoms with Crippen LogP contribution in [-0.4, -0.2) is 4.57 Å². The summed E-state index contributed by atoms with van der Waals surface area (Å²) < 4.78 is 6.83. The monoisotopic (exact) mass is 327 g/mol. The number of alkyl halides is 1. The molecule has 3 aromatic rings. The minimum atomic E-state index is -0.347. The zero-order valence-electron chi connectivity index (χ0n) is 10.6. The Labute approximate surface area is 129 Å². The first-order chi connectivity index (χ1) is 9.61.